The maximum absolute atomic E-state index is 6.08. The van der Waals surface area contributed by atoms with E-state index in [0.717, 1.165) is 6.42 Å². The van der Waals surface area contributed by atoms with Crippen molar-refractivity contribution in [1.82, 2.24) is 4.98 Å². The van der Waals surface area contributed by atoms with Crippen LogP contribution in [-0.4, -0.2) is 16.9 Å². The lowest BCUT2D eigenvalue weighted by atomic mass is 9.85. The number of hydrogen-bond donors (Lipinski definition) is 1. The normalized spacial score (nSPS) is 13.5. The molecule has 0 saturated carbocycles. The van der Waals surface area contributed by atoms with E-state index in [0.29, 0.717) is 21.7 Å². The molecule has 1 unspecified atom stereocenters. The fraction of sp³-hybridized carbons (Fsp3) is 0.583. The molecule has 0 aliphatic heterocycles. The Kier molecular flexibility index (Phi) is 5.36. The van der Waals surface area contributed by atoms with E-state index in [1.165, 1.54) is 0 Å². The summed E-state index contributed by atoms with van der Waals surface area (Å²) >= 11 is 17.7. The maximum Gasteiger partial charge on any atom is 0.145 e. The number of anilines is 1. The number of rotatable bonds is 4. The number of nitrogens with one attached hydrogen (secondary N) is 1. The number of hydrogen-bond acceptors (Lipinski definition) is 2. The summed E-state index contributed by atoms with van der Waals surface area (Å²) < 4.78 is 0. The Balaban J connectivity index is 2.86. The molecular formula is C12H17Cl3N2. The van der Waals surface area contributed by atoms with E-state index in [9.17, 15) is 0 Å². The summed E-state index contributed by atoms with van der Waals surface area (Å²) in [4.78, 5) is 4.20. The number of pyridine rings is 1. The summed E-state index contributed by atoms with van der Waals surface area (Å²) in [5.41, 5.74) is 0.0829. The standard InChI is InChI=1S/C12H17Cl3N2/c1-12(2,3)10(4-5-13)17-11-9(15)6-8(14)7-16-11/h6-7,10H,4-5H2,1-3H3,(H,16,17). The molecule has 0 aromatic carbocycles. The van der Waals surface area contributed by atoms with E-state index in [1.54, 1.807) is 12.3 Å². The molecule has 1 aromatic heterocycles. The number of halogens is 3. The first-order chi connectivity index (χ1) is 7.84. The minimum absolute atomic E-state index is 0.0829. The highest BCUT2D eigenvalue weighted by Gasteiger charge is 2.24. The molecular weight excluding hydrogens is 279 g/mol. The van der Waals surface area contributed by atoms with E-state index >= 15 is 0 Å². The van der Waals surface area contributed by atoms with E-state index < -0.39 is 0 Å². The van der Waals surface area contributed by atoms with Gasteiger partial charge in [-0.05, 0) is 17.9 Å². The van der Waals surface area contributed by atoms with Gasteiger partial charge in [-0.15, -0.1) is 11.6 Å². The lowest BCUT2D eigenvalue weighted by Gasteiger charge is -2.31. The first-order valence-electron chi connectivity index (χ1n) is 5.48. The molecule has 5 heteroatoms. The monoisotopic (exact) mass is 294 g/mol. The lowest BCUT2D eigenvalue weighted by Crippen LogP contribution is -2.34. The summed E-state index contributed by atoms with van der Waals surface area (Å²) in [7, 11) is 0. The molecule has 0 radical (unpaired) electrons. The predicted molar refractivity (Wildman–Crippen MR) is 76.5 cm³/mol. The second-order valence-corrected chi connectivity index (χ2v) is 6.25. The van der Waals surface area contributed by atoms with Crippen LogP contribution in [0.3, 0.4) is 0 Å². The van der Waals surface area contributed by atoms with Crippen LogP contribution in [-0.2, 0) is 0 Å². The average molecular weight is 296 g/mol. The lowest BCUT2D eigenvalue weighted by molar-refractivity contribution is 0.334. The van der Waals surface area contributed by atoms with Crippen LogP contribution in [0.4, 0.5) is 5.82 Å². The van der Waals surface area contributed by atoms with Crippen LogP contribution in [0, 0.1) is 5.41 Å². The Hall–Kier alpha value is -0.180. The minimum atomic E-state index is 0.0829. The van der Waals surface area contributed by atoms with Crippen molar-refractivity contribution < 1.29 is 0 Å². The van der Waals surface area contributed by atoms with Gasteiger partial charge < -0.3 is 5.32 Å². The van der Waals surface area contributed by atoms with Gasteiger partial charge in [0.2, 0.25) is 0 Å². The third-order valence-electron chi connectivity index (χ3n) is 2.56. The molecule has 1 N–H and O–H groups in total. The van der Waals surface area contributed by atoms with Crippen LogP contribution in [0.25, 0.3) is 0 Å². The number of nitrogens with zero attached hydrogens (tertiary/aromatic N) is 1. The second-order valence-electron chi connectivity index (χ2n) is 5.02. The van der Waals surface area contributed by atoms with Crippen molar-refractivity contribution in [3.8, 4) is 0 Å². The summed E-state index contributed by atoms with van der Waals surface area (Å²) in [6, 6.07) is 1.89. The summed E-state index contributed by atoms with van der Waals surface area (Å²) in [5, 5.41) is 4.39. The van der Waals surface area contributed by atoms with E-state index in [4.69, 9.17) is 34.8 Å². The van der Waals surface area contributed by atoms with Crippen molar-refractivity contribution in [3.05, 3.63) is 22.3 Å². The smallest absolute Gasteiger partial charge is 0.145 e. The topological polar surface area (TPSA) is 24.9 Å². The van der Waals surface area contributed by atoms with E-state index in [1.807, 2.05) is 0 Å². The summed E-state index contributed by atoms with van der Waals surface area (Å²) in [6.07, 6.45) is 2.43. The average Bonchev–Trinajstić information content (AvgIpc) is 2.19. The zero-order chi connectivity index (χ0) is 13.1. The molecule has 1 aromatic rings. The van der Waals surface area contributed by atoms with Gasteiger partial charge in [0.25, 0.3) is 0 Å². The third-order valence-corrected chi connectivity index (χ3v) is 3.27. The van der Waals surface area contributed by atoms with Gasteiger partial charge in [-0.25, -0.2) is 4.98 Å². The molecule has 2 nitrogen and oxygen atoms in total. The molecule has 96 valence electrons. The van der Waals surface area contributed by atoms with Crippen molar-refractivity contribution in [3.63, 3.8) is 0 Å². The highest BCUT2D eigenvalue weighted by Crippen LogP contribution is 2.29. The van der Waals surface area contributed by atoms with E-state index in [-0.39, 0.29) is 11.5 Å². The van der Waals surface area contributed by atoms with Crippen LogP contribution >= 0.6 is 34.8 Å². The van der Waals surface area contributed by atoms with Crippen molar-refractivity contribution in [1.29, 1.82) is 0 Å². The van der Waals surface area contributed by atoms with Crippen LogP contribution in [0.1, 0.15) is 27.2 Å². The zero-order valence-electron chi connectivity index (χ0n) is 10.2. The van der Waals surface area contributed by atoms with Crippen molar-refractivity contribution in [2.75, 3.05) is 11.2 Å². The Labute approximate surface area is 118 Å². The van der Waals surface area contributed by atoms with Crippen LogP contribution in [0.5, 0.6) is 0 Å². The molecule has 0 aliphatic rings. The van der Waals surface area contributed by atoms with Crippen LogP contribution in [0.15, 0.2) is 12.3 Å². The molecule has 0 saturated heterocycles. The quantitative estimate of drug-likeness (QED) is 0.804. The molecule has 0 aliphatic carbocycles. The third kappa shape index (κ3) is 4.53. The number of aromatic nitrogens is 1. The summed E-state index contributed by atoms with van der Waals surface area (Å²) in [6.45, 7) is 6.46. The molecule has 1 atom stereocenters. The van der Waals surface area contributed by atoms with Gasteiger partial charge >= 0.3 is 0 Å². The van der Waals surface area contributed by atoms with Gasteiger partial charge in [0.05, 0.1) is 10.0 Å². The fourth-order valence-electron chi connectivity index (χ4n) is 1.52. The van der Waals surface area contributed by atoms with Gasteiger partial charge in [-0.1, -0.05) is 44.0 Å². The zero-order valence-corrected chi connectivity index (χ0v) is 12.5. The molecule has 1 heterocycles. The first kappa shape index (κ1) is 14.9. The predicted octanol–water partition coefficient (Wildman–Crippen LogP) is 4.84. The number of alkyl halides is 1. The molecule has 17 heavy (non-hydrogen) atoms. The highest BCUT2D eigenvalue weighted by atomic mass is 35.5. The summed E-state index contributed by atoms with van der Waals surface area (Å²) in [5.74, 6) is 1.25. The Morgan fingerprint density at radius 2 is 2.00 bits per heavy atom. The molecule has 0 bridgehead atoms. The second kappa shape index (κ2) is 6.12. The van der Waals surface area contributed by atoms with Crippen molar-refractivity contribution in [2.24, 2.45) is 5.41 Å². The minimum Gasteiger partial charge on any atom is -0.366 e. The molecule has 0 amide bonds. The van der Waals surface area contributed by atoms with E-state index in [2.05, 4.69) is 31.1 Å². The van der Waals surface area contributed by atoms with Gasteiger partial charge in [0, 0.05) is 18.1 Å². The van der Waals surface area contributed by atoms with Crippen molar-refractivity contribution >= 4 is 40.6 Å². The Morgan fingerprint density at radius 3 is 2.47 bits per heavy atom. The fourth-order valence-corrected chi connectivity index (χ4v) is 2.17. The van der Waals surface area contributed by atoms with Gasteiger partial charge in [0.1, 0.15) is 5.82 Å². The largest absolute Gasteiger partial charge is 0.366 e. The maximum atomic E-state index is 6.08. The van der Waals surface area contributed by atoms with Gasteiger partial charge in [-0.2, -0.15) is 0 Å². The first-order valence-corrected chi connectivity index (χ1v) is 6.77. The Morgan fingerprint density at radius 1 is 1.35 bits per heavy atom. The SMILES string of the molecule is CC(C)(C)C(CCCl)Nc1ncc(Cl)cc1Cl. The highest BCUT2D eigenvalue weighted by molar-refractivity contribution is 6.35. The Bertz CT molecular complexity index is 375. The van der Waals surface area contributed by atoms with Crippen LogP contribution < -0.4 is 5.32 Å². The van der Waals surface area contributed by atoms with Gasteiger partial charge in [0.15, 0.2) is 0 Å². The molecule has 1 rings (SSSR count). The van der Waals surface area contributed by atoms with Gasteiger partial charge in [-0.3, -0.25) is 0 Å². The van der Waals surface area contributed by atoms with Crippen LogP contribution in [0.2, 0.25) is 10.0 Å². The molecule has 0 spiro atoms. The van der Waals surface area contributed by atoms with Crippen molar-refractivity contribution in [2.45, 2.75) is 33.2 Å². The molecule has 0 fully saturated rings.